The molecule has 19 heavy (non-hydrogen) atoms. The lowest BCUT2D eigenvalue weighted by Crippen LogP contribution is -1.96. The first-order chi connectivity index (χ1) is 9.15. The van der Waals surface area contributed by atoms with Crippen LogP contribution in [0.1, 0.15) is 5.69 Å². The van der Waals surface area contributed by atoms with Crippen LogP contribution in [0, 0.1) is 0 Å². The Bertz CT molecular complexity index is 450. The topological polar surface area (TPSA) is 32.6 Å². The highest BCUT2D eigenvalue weighted by Gasteiger charge is 2.03. The van der Waals surface area contributed by atoms with Crippen LogP contribution in [0.5, 0.6) is 0 Å². The summed E-state index contributed by atoms with van der Waals surface area (Å²) >= 11 is 0. The molecule has 2 rings (SSSR count). The molecule has 2 aromatic rings. The fraction of sp³-hybridized carbons (Fsp3) is 0.467. The van der Waals surface area contributed by atoms with Crippen molar-refractivity contribution in [3.05, 3.63) is 36.0 Å². The van der Waals surface area contributed by atoms with Gasteiger partial charge in [-0.05, 0) is 17.5 Å². The van der Waals surface area contributed by atoms with E-state index in [1.807, 2.05) is 0 Å². The molecule has 108 valence electrons. The van der Waals surface area contributed by atoms with Gasteiger partial charge in [-0.1, -0.05) is 18.2 Å². The molecule has 0 amide bonds. The van der Waals surface area contributed by atoms with Gasteiger partial charge in [0.1, 0.15) is 0 Å². The summed E-state index contributed by atoms with van der Waals surface area (Å²) in [5.41, 5.74) is 2.47. The van der Waals surface area contributed by atoms with Crippen molar-refractivity contribution in [3.63, 3.8) is 0 Å². The third-order valence-corrected chi connectivity index (χ3v) is 2.34. The number of ether oxygens (including phenoxy) is 3. The number of rotatable bonds is 2. The first kappa shape index (κ1) is 17.6. The summed E-state index contributed by atoms with van der Waals surface area (Å²) in [5.74, 6) is 0. The highest BCUT2D eigenvalue weighted by Crippen LogP contribution is 2.18. The summed E-state index contributed by atoms with van der Waals surface area (Å²) < 4.78 is 15.8. The van der Waals surface area contributed by atoms with Crippen molar-refractivity contribution in [2.24, 2.45) is 7.05 Å². The van der Waals surface area contributed by atoms with Crippen LogP contribution in [0.4, 0.5) is 0 Å². The zero-order valence-corrected chi connectivity index (χ0v) is 12.8. The number of benzene rings is 1. The van der Waals surface area contributed by atoms with Gasteiger partial charge < -0.3 is 18.8 Å². The Morgan fingerprint density at radius 1 is 0.947 bits per heavy atom. The second-order valence-electron chi connectivity index (χ2n) is 4.00. The summed E-state index contributed by atoms with van der Waals surface area (Å²) in [6.45, 7) is 0.672. The maximum absolute atomic E-state index is 5.12. The minimum Gasteiger partial charge on any atom is -0.388 e. The van der Waals surface area contributed by atoms with Gasteiger partial charge in [0.05, 0.1) is 6.61 Å². The molecular weight excluding hydrogens is 242 g/mol. The third-order valence-electron chi connectivity index (χ3n) is 2.34. The van der Waals surface area contributed by atoms with Gasteiger partial charge in [0.2, 0.25) is 0 Å². The number of fused-ring (bicyclic) bond motifs is 1. The third kappa shape index (κ3) is 5.87. The van der Waals surface area contributed by atoms with E-state index in [1.54, 1.807) is 35.5 Å². The van der Waals surface area contributed by atoms with Crippen LogP contribution in [-0.2, 0) is 27.9 Å². The number of aryl methyl sites for hydroxylation is 1. The van der Waals surface area contributed by atoms with Crippen molar-refractivity contribution >= 4 is 10.9 Å². The average Bonchev–Trinajstić information content (AvgIpc) is 2.70. The van der Waals surface area contributed by atoms with E-state index in [0.717, 1.165) is 0 Å². The van der Waals surface area contributed by atoms with Crippen molar-refractivity contribution in [3.8, 4) is 0 Å². The molecule has 1 aromatic heterocycles. The van der Waals surface area contributed by atoms with Gasteiger partial charge in [-0.3, -0.25) is 0 Å². The van der Waals surface area contributed by atoms with Crippen LogP contribution in [0.2, 0.25) is 0 Å². The van der Waals surface area contributed by atoms with Crippen molar-refractivity contribution in [1.82, 2.24) is 4.57 Å². The van der Waals surface area contributed by atoms with E-state index in [1.165, 1.54) is 16.6 Å². The zero-order chi connectivity index (χ0) is 14.7. The van der Waals surface area contributed by atoms with E-state index >= 15 is 0 Å². The fourth-order valence-electron chi connectivity index (χ4n) is 1.63. The smallest absolute Gasteiger partial charge is 0.0864 e. The Kier molecular flexibility index (Phi) is 9.80. The molecule has 0 radical (unpaired) electrons. The molecule has 0 aliphatic heterocycles. The molecule has 0 bridgehead atoms. The van der Waals surface area contributed by atoms with Crippen molar-refractivity contribution in [2.45, 2.75) is 6.61 Å². The van der Waals surface area contributed by atoms with Crippen molar-refractivity contribution < 1.29 is 14.2 Å². The summed E-state index contributed by atoms with van der Waals surface area (Å²) in [5, 5.41) is 1.28. The van der Waals surface area contributed by atoms with E-state index in [4.69, 9.17) is 4.74 Å². The highest BCUT2D eigenvalue weighted by molar-refractivity contribution is 5.81. The maximum Gasteiger partial charge on any atom is 0.0864 e. The summed E-state index contributed by atoms with van der Waals surface area (Å²) in [4.78, 5) is 0. The maximum atomic E-state index is 5.12. The molecule has 0 unspecified atom stereocenters. The number of para-hydroxylation sites is 1. The molecule has 4 nitrogen and oxygen atoms in total. The Balaban J connectivity index is 0.000000465. The van der Waals surface area contributed by atoms with Crippen LogP contribution in [0.15, 0.2) is 30.3 Å². The second-order valence-corrected chi connectivity index (χ2v) is 4.00. The predicted octanol–water partition coefficient (Wildman–Crippen LogP) is 2.85. The molecule has 1 heterocycles. The van der Waals surface area contributed by atoms with Gasteiger partial charge in [0.25, 0.3) is 0 Å². The normalized spacial score (nSPS) is 9.37. The summed E-state index contributed by atoms with van der Waals surface area (Å²) in [7, 11) is 10.3. The van der Waals surface area contributed by atoms with Crippen LogP contribution in [0.25, 0.3) is 10.9 Å². The van der Waals surface area contributed by atoms with E-state index in [9.17, 15) is 0 Å². The lowest BCUT2D eigenvalue weighted by Gasteiger charge is -2.01. The Hall–Kier alpha value is -1.36. The predicted molar refractivity (Wildman–Crippen MR) is 79.5 cm³/mol. The van der Waals surface area contributed by atoms with Crippen LogP contribution in [-0.4, -0.2) is 40.1 Å². The summed E-state index contributed by atoms with van der Waals surface area (Å²) in [6, 6.07) is 10.5. The lowest BCUT2D eigenvalue weighted by atomic mass is 10.2. The molecule has 1 aromatic carbocycles. The van der Waals surface area contributed by atoms with Gasteiger partial charge in [-0.2, -0.15) is 0 Å². The summed E-state index contributed by atoms with van der Waals surface area (Å²) in [6.07, 6.45) is 0. The Morgan fingerprint density at radius 2 is 1.47 bits per heavy atom. The van der Waals surface area contributed by atoms with Gasteiger partial charge in [-0.25, -0.2) is 0 Å². The first-order valence-electron chi connectivity index (χ1n) is 5.98. The van der Waals surface area contributed by atoms with E-state index in [0.29, 0.717) is 6.61 Å². The van der Waals surface area contributed by atoms with Crippen LogP contribution in [0.3, 0.4) is 0 Å². The fourth-order valence-corrected chi connectivity index (χ4v) is 1.63. The number of hydrogen-bond acceptors (Lipinski definition) is 3. The SMILES string of the molecule is COC.COC.COCc1cc2ccccc2n1C. The molecule has 0 saturated carbocycles. The van der Waals surface area contributed by atoms with Gasteiger partial charge in [0.15, 0.2) is 0 Å². The average molecular weight is 267 g/mol. The molecule has 0 aliphatic carbocycles. The largest absolute Gasteiger partial charge is 0.388 e. The molecule has 0 aliphatic rings. The monoisotopic (exact) mass is 267 g/mol. The van der Waals surface area contributed by atoms with Gasteiger partial charge in [0, 0.05) is 53.8 Å². The molecule has 0 fully saturated rings. The Morgan fingerprint density at radius 3 is 1.95 bits per heavy atom. The van der Waals surface area contributed by atoms with Crippen molar-refractivity contribution in [2.75, 3.05) is 35.5 Å². The van der Waals surface area contributed by atoms with Crippen molar-refractivity contribution in [1.29, 1.82) is 0 Å². The van der Waals surface area contributed by atoms with Gasteiger partial charge in [-0.15, -0.1) is 0 Å². The second kappa shape index (κ2) is 10.6. The molecular formula is C15H25NO3. The van der Waals surface area contributed by atoms with E-state index in [-0.39, 0.29) is 0 Å². The molecule has 0 N–H and O–H groups in total. The Labute approximate surface area is 115 Å². The number of aromatic nitrogens is 1. The molecule has 0 atom stereocenters. The van der Waals surface area contributed by atoms with E-state index < -0.39 is 0 Å². The molecule has 0 spiro atoms. The minimum atomic E-state index is 0.672. The first-order valence-corrected chi connectivity index (χ1v) is 5.98. The number of hydrogen-bond donors (Lipinski definition) is 0. The van der Waals surface area contributed by atoms with Crippen LogP contribution < -0.4 is 0 Å². The standard InChI is InChI=1S/C11H13NO.2C2H6O/c1-12-10(8-13-2)7-9-5-3-4-6-11(9)12;2*1-3-2/h3-7H,8H2,1-2H3;2*1-2H3. The quantitative estimate of drug-likeness (QED) is 0.838. The molecule has 0 saturated heterocycles. The number of methoxy groups -OCH3 is 3. The zero-order valence-electron chi connectivity index (χ0n) is 12.8. The minimum absolute atomic E-state index is 0.672. The lowest BCUT2D eigenvalue weighted by molar-refractivity contribution is 0.179. The molecule has 4 heteroatoms. The number of nitrogens with zero attached hydrogens (tertiary/aromatic N) is 1. The van der Waals surface area contributed by atoms with Crippen LogP contribution >= 0.6 is 0 Å². The van der Waals surface area contributed by atoms with Gasteiger partial charge >= 0.3 is 0 Å². The van der Waals surface area contributed by atoms with E-state index in [2.05, 4.69) is 51.4 Å². The highest BCUT2D eigenvalue weighted by atomic mass is 16.5.